The highest BCUT2D eigenvalue weighted by Crippen LogP contribution is 2.19. The number of aromatic nitrogens is 2. The van der Waals surface area contributed by atoms with Crippen molar-refractivity contribution in [1.29, 1.82) is 0 Å². The van der Waals surface area contributed by atoms with Gasteiger partial charge in [0.2, 0.25) is 5.88 Å². The summed E-state index contributed by atoms with van der Waals surface area (Å²) in [6, 6.07) is 7.05. The molecule has 3 N–H and O–H groups in total. The SMILES string of the molecule is CC(C)(C)N.CC(NC(=O)c1ccncc1)c1cccc(OCC(F)(F)F)n1. The Hall–Kier alpha value is -2.68. The molecule has 9 heteroatoms. The van der Waals surface area contributed by atoms with Crippen LogP contribution < -0.4 is 15.8 Å². The number of carbonyl (C=O) groups is 1. The van der Waals surface area contributed by atoms with E-state index in [0.717, 1.165) is 0 Å². The van der Waals surface area contributed by atoms with Gasteiger partial charge in [0.25, 0.3) is 5.91 Å². The summed E-state index contributed by atoms with van der Waals surface area (Å²) >= 11 is 0. The van der Waals surface area contributed by atoms with Gasteiger partial charge in [-0.05, 0) is 45.9 Å². The van der Waals surface area contributed by atoms with Crippen LogP contribution in [0, 0.1) is 0 Å². The molecule has 1 atom stereocenters. The van der Waals surface area contributed by atoms with Crippen LogP contribution in [0.1, 0.15) is 49.8 Å². The molecule has 0 aliphatic heterocycles. The van der Waals surface area contributed by atoms with E-state index in [-0.39, 0.29) is 17.3 Å². The fourth-order valence-corrected chi connectivity index (χ4v) is 1.77. The summed E-state index contributed by atoms with van der Waals surface area (Å²) in [5.41, 5.74) is 6.18. The summed E-state index contributed by atoms with van der Waals surface area (Å²) in [6.45, 7) is 6.16. The Kier molecular flexibility index (Phi) is 8.36. The van der Waals surface area contributed by atoms with Crippen LogP contribution in [-0.2, 0) is 0 Å². The van der Waals surface area contributed by atoms with Gasteiger partial charge in [0.15, 0.2) is 6.61 Å². The molecule has 0 saturated carbocycles. The smallest absolute Gasteiger partial charge is 0.422 e. The van der Waals surface area contributed by atoms with Gasteiger partial charge in [0.05, 0.1) is 11.7 Å². The van der Waals surface area contributed by atoms with E-state index in [4.69, 9.17) is 5.73 Å². The topological polar surface area (TPSA) is 90.1 Å². The van der Waals surface area contributed by atoms with E-state index in [9.17, 15) is 18.0 Å². The van der Waals surface area contributed by atoms with E-state index < -0.39 is 18.8 Å². The summed E-state index contributed by atoms with van der Waals surface area (Å²) in [4.78, 5) is 19.8. The molecule has 0 bridgehead atoms. The van der Waals surface area contributed by atoms with Gasteiger partial charge in [-0.3, -0.25) is 9.78 Å². The average Bonchev–Trinajstić information content (AvgIpc) is 2.59. The molecule has 0 spiro atoms. The van der Waals surface area contributed by atoms with Crippen molar-refractivity contribution in [2.45, 2.75) is 45.5 Å². The van der Waals surface area contributed by atoms with Crippen LogP contribution >= 0.6 is 0 Å². The number of alkyl halides is 3. The van der Waals surface area contributed by atoms with Gasteiger partial charge in [-0.15, -0.1) is 0 Å². The van der Waals surface area contributed by atoms with Gasteiger partial charge >= 0.3 is 6.18 Å². The van der Waals surface area contributed by atoms with Crippen molar-refractivity contribution in [2.75, 3.05) is 6.61 Å². The van der Waals surface area contributed by atoms with E-state index in [1.54, 1.807) is 25.1 Å². The molecule has 1 amide bonds. The third kappa shape index (κ3) is 10.5. The molecule has 28 heavy (non-hydrogen) atoms. The molecule has 0 radical (unpaired) electrons. The van der Waals surface area contributed by atoms with Crippen LogP contribution in [0.15, 0.2) is 42.7 Å². The minimum Gasteiger partial charge on any atom is -0.468 e. The van der Waals surface area contributed by atoms with Gasteiger partial charge in [0, 0.05) is 29.6 Å². The Morgan fingerprint density at radius 3 is 2.29 bits per heavy atom. The third-order valence-electron chi connectivity index (χ3n) is 2.86. The molecule has 2 rings (SSSR count). The van der Waals surface area contributed by atoms with Gasteiger partial charge in [-0.25, -0.2) is 4.98 Å². The first-order valence-corrected chi connectivity index (χ1v) is 8.51. The number of rotatable bonds is 5. The quantitative estimate of drug-likeness (QED) is 0.802. The van der Waals surface area contributed by atoms with E-state index >= 15 is 0 Å². The number of carbonyl (C=O) groups excluding carboxylic acids is 1. The maximum atomic E-state index is 12.1. The zero-order chi connectivity index (χ0) is 21.4. The second kappa shape index (κ2) is 10.0. The lowest BCUT2D eigenvalue weighted by Gasteiger charge is -2.15. The number of halogens is 3. The van der Waals surface area contributed by atoms with Crippen LogP contribution in [0.4, 0.5) is 13.2 Å². The van der Waals surface area contributed by atoms with Gasteiger partial charge in [-0.1, -0.05) is 6.07 Å². The van der Waals surface area contributed by atoms with Gasteiger partial charge in [-0.2, -0.15) is 13.2 Å². The van der Waals surface area contributed by atoms with E-state index in [0.29, 0.717) is 11.3 Å². The van der Waals surface area contributed by atoms with Crippen molar-refractivity contribution < 1.29 is 22.7 Å². The van der Waals surface area contributed by atoms with Crippen LogP contribution in [0.2, 0.25) is 0 Å². The molecule has 2 aromatic heterocycles. The number of nitrogens with two attached hydrogens (primary N) is 1. The van der Waals surface area contributed by atoms with Crippen molar-refractivity contribution in [3.8, 4) is 5.88 Å². The van der Waals surface area contributed by atoms with E-state index in [2.05, 4.69) is 20.0 Å². The normalized spacial score (nSPS) is 12.4. The Balaban J connectivity index is 0.000000696. The zero-order valence-electron chi connectivity index (χ0n) is 16.2. The van der Waals surface area contributed by atoms with Crippen LogP contribution in [0.3, 0.4) is 0 Å². The van der Waals surface area contributed by atoms with Crippen molar-refractivity contribution in [3.05, 3.63) is 54.0 Å². The fourth-order valence-electron chi connectivity index (χ4n) is 1.77. The second-order valence-electron chi connectivity index (χ2n) is 7.10. The van der Waals surface area contributed by atoms with Crippen molar-refractivity contribution >= 4 is 5.91 Å². The molecule has 2 aromatic rings. The number of pyridine rings is 2. The molecule has 0 saturated heterocycles. The molecule has 0 aromatic carbocycles. The lowest BCUT2D eigenvalue weighted by Crippen LogP contribution is -2.27. The molecular formula is C19H25F3N4O2. The first-order valence-electron chi connectivity index (χ1n) is 8.51. The lowest BCUT2D eigenvalue weighted by molar-refractivity contribution is -0.154. The summed E-state index contributed by atoms with van der Waals surface area (Å²) in [5, 5.41) is 2.71. The zero-order valence-corrected chi connectivity index (χ0v) is 16.2. The van der Waals surface area contributed by atoms with Crippen LogP contribution in [-0.4, -0.2) is 34.2 Å². The Bertz CT molecular complexity index is 741. The Morgan fingerprint density at radius 1 is 1.18 bits per heavy atom. The van der Waals surface area contributed by atoms with Crippen molar-refractivity contribution in [2.24, 2.45) is 5.73 Å². The van der Waals surface area contributed by atoms with Crippen LogP contribution in [0.25, 0.3) is 0 Å². The highest BCUT2D eigenvalue weighted by Gasteiger charge is 2.28. The Labute approximate surface area is 162 Å². The first kappa shape index (κ1) is 23.4. The molecule has 0 aliphatic carbocycles. The summed E-state index contributed by atoms with van der Waals surface area (Å²) in [5.74, 6) is -0.479. The molecule has 154 valence electrons. The number of nitrogens with zero attached hydrogens (tertiary/aromatic N) is 2. The summed E-state index contributed by atoms with van der Waals surface area (Å²) in [6.07, 6.45) is -1.45. The van der Waals surface area contributed by atoms with Crippen LogP contribution in [0.5, 0.6) is 5.88 Å². The standard InChI is InChI=1S/C15H14F3N3O2.C4H11N/c1-10(20-14(22)11-5-7-19-8-6-11)12-3-2-4-13(21-12)23-9-15(16,17)18;1-4(2,3)5/h2-8,10H,9H2,1H3,(H,20,22);5H2,1-3H3. The number of hydrogen-bond donors (Lipinski definition) is 2. The monoisotopic (exact) mass is 398 g/mol. The average molecular weight is 398 g/mol. The van der Waals surface area contributed by atoms with Gasteiger partial charge in [0.1, 0.15) is 0 Å². The maximum absolute atomic E-state index is 12.1. The minimum absolute atomic E-state index is 0. The first-order chi connectivity index (χ1) is 12.8. The number of hydrogen-bond acceptors (Lipinski definition) is 5. The van der Waals surface area contributed by atoms with Gasteiger partial charge < -0.3 is 15.8 Å². The fraction of sp³-hybridized carbons (Fsp3) is 0.421. The minimum atomic E-state index is -4.43. The predicted octanol–water partition coefficient (Wildman–Crippen LogP) is 3.65. The Morgan fingerprint density at radius 2 is 1.75 bits per heavy atom. The second-order valence-corrected chi connectivity index (χ2v) is 7.10. The summed E-state index contributed by atoms with van der Waals surface area (Å²) < 4.78 is 41.0. The highest BCUT2D eigenvalue weighted by atomic mass is 19.4. The predicted molar refractivity (Wildman–Crippen MR) is 99.8 cm³/mol. The maximum Gasteiger partial charge on any atom is 0.422 e. The third-order valence-corrected chi connectivity index (χ3v) is 2.86. The molecule has 0 fully saturated rings. The molecular weight excluding hydrogens is 373 g/mol. The highest BCUT2D eigenvalue weighted by molar-refractivity contribution is 5.94. The largest absolute Gasteiger partial charge is 0.468 e. The molecule has 1 unspecified atom stereocenters. The number of nitrogens with one attached hydrogen (secondary N) is 1. The molecule has 2 heterocycles. The molecule has 6 nitrogen and oxygen atoms in total. The van der Waals surface area contributed by atoms with Crippen molar-refractivity contribution in [1.82, 2.24) is 15.3 Å². The number of amides is 1. The number of ether oxygens (including phenoxy) is 1. The van der Waals surface area contributed by atoms with E-state index in [1.165, 1.54) is 24.5 Å². The van der Waals surface area contributed by atoms with Crippen molar-refractivity contribution in [3.63, 3.8) is 0 Å². The lowest BCUT2D eigenvalue weighted by atomic mass is 10.1. The molecule has 0 aliphatic rings. The van der Waals surface area contributed by atoms with E-state index in [1.807, 2.05) is 20.8 Å². The summed E-state index contributed by atoms with van der Waals surface area (Å²) in [7, 11) is 0.